The second-order valence-corrected chi connectivity index (χ2v) is 6.55. The van der Waals surface area contributed by atoms with Crippen molar-refractivity contribution in [2.75, 3.05) is 6.54 Å². The van der Waals surface area contributed by atoms with Gasteiger partial charge in [0.25, 0.3) is 5.91 Å². The van der Waals surface area contributed by atoms with Crippen LogP contribution >= 0.6 is 11.6 Å². The minimum absolute atomic E-state index is 0.369. The molecule has 1 aromatic heterocycles. The van der Waals surface area contributed by atoms with Crippen molar-refractivity contribution >= 4 is 35.6 Å². The Morgan fingerprint density at radius 1 is 1.28 bits per heavy atom. The van der Waals surface area contributed by atoms with E-state index in [-0.39, 0.29) is 0 Å². The van der Waals surface area contributed by atoms with Crippen molar-refractivity contribution < 1.29 is 19.1 Å². The Bertz CT molecular complexity index is 909. The number of benzene rings is 1. The van der Waals surface area contributed by atoms with Crippen molar-refractivity contribution in [3.63, 3.8) is 0 Å². The number of aryl methyl sites for hydroxylation is 1. The van der Waals surface area contributed by atoms with Gasteiger partial charge in [0.1, 0.15) is 5.15 Å². The molecule has 2 rings (SSSR count). The van der Waals surface area contributed by atoms with Crippen LogP contribution in [0, 0.1) is 6.92 Å². The summed E-state index contributed by atoms with van der Waals surface area (Å²) in [5.74, 6) is -1.46. The first-order chi connectivity index (χ1) is 13.8. The molecule has 9 heteroatoms. The smallest absolute Gasteiger partial charge is 0.331 e. The molecule has 0 spiro atoms. The topological polar surface area (TPSA) is 102 Å². The van der Waals surface area contributed by atoms with E-state index in [1.165, 1.54) is 19.1 Å². The lowest BCUT2D eigenvalue weighted by Gasteiger charge is -2.11. The molecule has 0 saturated heterocycles. The number of aromatic nitrogens is 2. The van der Waals surface area contributed by atoms with Gasteiger partial charge in [-0.05, 0) is 32.4 Å². The van der Waals surface area contributed by atoms with Crippen LogP contribution in [0.3, 0.4) is 0 Å². The Morgan fingerprint density at radius 3 is 2.62 bits per heavy atom. The Morgan fingerprint density at radius 2 is 1.97 bits per heavy atom. The second kappa shape index (κ2) is 10.4. The van der Waals surface area contributed by atoms with Crippen molar-refractivity contribution in [1.29, 1.82) is 0 Å². The summed E-state index contributed by atoms with van der Waals surface area (Å²) in [5.41, 5.74) is 2.27. The molecule has 0 aliphatic heterocycles. The van der Waals surface area contributed by atoms with Gasteiger partial charge in [0.2, 0.25) is 0 Å². The largest absolute Gasteiger partial charge is 0.449 e. The highest BCUT2D eigenvalue weighted by atomic mass is 35.5. The third-order valence-corrected chi connectivity index (χ3v) is 4.31. The Hall–Kier alpha value is -3.13. The molecule has 1 heterocycles. The zero-order valence-corrected chi connectivity index (χ0v) is 17.2. The van der Waals surface area contributed by atoms with Crippen LogP contribution in [0.2, 0.25) is 5.15 Å². The van der Waals surface area contributed by atoms with Gasteiger partial charge in [-0.25, -0.2) is 14.3 Å². The van der Waals surface area contributed by atoms with E-state index < -0.39 is 24.0 Å². The van der Waals surface area contributed by atoms with Gasteiger partial charge in [-0.2, -0.15) is 5.10 Å². The summed E-state index contributed by atoms with van der Waals surface area (Å²) >= 11 is 6.39. The molecule has 1 aromatic carbocycles. The van der Waals surface area contributed by atoms with Gasteiger partial charge in [-0.1, -0.05) is 41.9 Å². The third kappa shape index (κ3) is 6.46. The highest BCUT2D eigenvalue weighted by Gasteiger charge is 2.19. The highest BCUT2D eigenvalue weighted by Crippen LogP contribution is 2.22. The number of halogens is 1. The molecule has 29 heavy (non-hydrogen) atoms. The Labute approximate surface area is 173 Å². The summed E-state index contributed by atoms with van der Waals surface area (Å²) in [5, 5.41) is 9.28. The van der Waals surface area contributed by atoms with E-state index in [0.29, 0.717) is 29.5 Å². The molecular weight excluding hydrogens is 396 g/mol. The van der Waals surface area contributed by atoms with E-state index in [1.807, 2.05) is 30.3 Å². The van der Waals surface area contributed by atoms with E-state index in [4.69, 9.17) is 16.3 Å². The molecule has 2 N–H and O–H groups in total. The molecule has 8 nitrogen and oxygen atoms in total. The zero-order valence-electron chi connectivity index (χ0n) is 16.4. The number of ether oxygens (including phenoxy) is 1. The summed E-state index contributed by atoms with van der Waals surface area (Å²) in [6.07, 6.45) is 1.52. The number of imide groups is 1. The Balaban J connectivity index is 1.99. The minimum Gasteiger partial charge on any atom is -0.449 e. The molecule has 154 valence electrons. The number of rotatable bonds is 7. The average Bonchev–Trinajstić information content (AvgIpc) is 2.94. The molecular formula is C20H23ClN4O4. The SMILES string of the molecule is CCNC(=O)NC(=O)C(C)OC(=O)/C=C/c1c(C)nn(Cc2ccccc2)c1Cl. The van der Waals surface area contributed by atoms with Crippen LogP contribution in [0.4, 0.5) is 4.79 Å². The third-order valence-electron chi connectivity index (χ3n) is 3.91. The van der Waals surface area contributed by atoms with Gasteiger partial charge >= 0.3 is 12.0 Å². The maximum Gasteiger partial charge on any atom is 0.331 e. The number of nitrogens with zero attached hydrogens (tertiary/aromatic N) is 2. The fourth-order valence-corrected chi connectivity index (χ4v) is 2.75. The number of esters is 1. The predicted molar refractivity (Wildman–Crippen MR) is 109 cm³/mol. The first-order valence-electron chi connectivity index (χ1n) is 9.06. The van der Waals surface area contributed by atoms with Crippen LogP contribution in [-0.4, -0.2) is 40.3 Å². The predicted octanol–water partition coefficient (Wildman–Crippen LogP) is 2.68. The number of hydrogen-bond donors (Lipinski definition) is 2. The number of carbonyl (C=O) groups is 3. The molecule has 2 aromatic rings. The standard InChI is InChI=1S/C20H23ClN4O4/c1-4-22-20(28)23-19(27)14(3)29-17(26)11-10-16-13(2)24-25(18(16)21)12-15-8-6-5-7-9-15/h5-11,14H,4,12H2,1-3H3,(H2,22,23,27,28)/b11-10+. The Kier molecular flexibility index (Phi) is 7.97. The fourth-order valence-electron chi connectivity index (χ4n) is 2.45. The minimum atomic E-state index is -1.13. The first-order valence-corrected chi connectivity index (χ1v) is 9.43. The van der Waals surface area contributed by atoms with Crippen molar-refractivity contribution in [1.82, 2.24) is 20.4 Å². The number of nitrogens with one attached hydrogen (secondary N) is 2. The maximum absolute atomic E-state index is 12.0. The molecule has 0 bridgehead atoms. The van der Waals surface area contributed by atoms with Crippen molar-refractivity contribution in [3.8, 4) is 0 Å². The molecule has 1 atom stereocenters. The van der Waals surface area contributed by atoms with Crippen LogP contribution < -0.4 is 10.6 Å². The monoisotopic (exact) mass is 418 g/mol. The van der Waals surface area contributed by atoms with Crippen LogP contribution in [0.1, 0.15) is 30.7 Å². The number of amides is 3. The first kappa shape index (κ1) is 22.2. The lowest BCUT2D eigenvalue weighted by molar-refractivity contribution is -0.149. The molecule has 1 unspecified atom stereocenters. The molecule has 0 radical (unpaired) electrons. The summed E-state index contributed by atoms with van der Waals surface area (Å²) in [7, 11) is 0. The molecule has 0 aliphatic carbocycles. The average molecular weight is 419 g/mol. The zero-order chi connectivity index (χ0) is 21.4. The van der Waals surface area contributed by atoms with Gasteiger partial charge in [-0.3, -0.25) is 10.1 Å². The van der Waals surface area contributed by atoms with Gasteiger partial charge in [0, 0.05) is 18.2 Å². The van der Waals surface area contributed by atoms with E-state index >= 15 is 0 Å². The number of urea groups is 1. The van der Waals surface area contributed by atoms with E-state index in [2.05, 4.69) is 15.7 Å². The van der Waals surface area contributed by atoms with Crippen molar-refractivity contribution in [2.45, 2.75) is 33.4 Å². The quantitative estimate of drug-likeness (QED) is 0.531. The maximum atomic E-state index is 12.0. The highest BCUT2D eigenvalue weighted by molar-refractivity contribution is 6.31. The summed E-state index contributed by atoms with van der Waals surface area (Å²) in [6.45, 7) is 5.73. The van der Waals surface area contributed by atoms with Crippen LogP contribution in [-0.2, 0) is 20.9 Å². The van der Waals surface area contributed by atoms with Crippen LogP contribution in [0.15, 0.2) is 36.4 Å². The van der Waals surface area contributed by atoms with Crippen molar-refractivity contribution in [3.05, 3.63) is 58.4 Å². The molecule has 3 amide bonds. The van der Waals surface area contributed by atoms with Gasteiger partial charge < -0.3 is 10.1 Å². The fraction of sp³-hybridized carbons (Fsp3) is 0.300. The number of carbonyl (C=O) groups excluding carboxylic acids is 3. The summed E-state index contributed by atoms with van der Waals surface area (Å²) in [6, 6.07) is 9.07. The lowest BCUT2D eigenvalue weighted by atomic mass is 10.2. The van der Waals surface area contributed by atoms with Crippen molar-refractivity contribution in [2.24, 2.45) is 0 Å². The second-order valence-electron chi connectivity index (χ2n) is 6.19. The van der Waals surface area contributed by atoms with Gasteiger partial charge in [0.15, 0.2) is 6.10 Å². The normalized spacial score (nSPS) is 11.9. The van der Waals surface area contributed by atoms with Gasteiger partial charge in [0.05, 0.1) is 12.2 Å². The van der Waals surface area contributed by atoms with Crippen LogP contribution in [0.25, 0.3) is 6.08 Å². The summed E-state index contributed by atoms with van der Waals surface area (Å²) in [4.78, 5) is 35.2. The van der Waals surface area contributed by atoms with E-state index in [0.717, 1.165) is 5.56 Å². The molecule has 0 fully saturated rings. The molecule has 0 saturated carbocycles. The number of hydrogen-bond acceptors (Lipinski definition) is 5. The van der Waals surface area contributed by atoms with E-state index in [9.17, 15) is 14.4 Å². The lowest BCUT2D eigenvalue weighted by Crippen LogP contribution is -2.44. The van der Waals surface area contributed by atoms with Crippen LogP contribution in [0.5, 0.6) is 0 Å². The summed E-state index contributed by atoms with van der Waals surface area (Å²) < 4.78 is 6.65. The van der Waals surface area contributed by atoms with E-state index in [1.54, 1.807) is 18.5 Å². The van der Waals surface area contributed by atoms with Gasteiger partial charge in [-0.15, -0.1) is 0 Å². The molecule has 0 aliphatic rings.